The Morgan fingerprint density at radius 2 is 1.87 bits per heavy atom. The number of nitrogens with zero attached hydrogens (tertiary/aromatic N) is 2. The third kappa shape index (κ3) is 4.44. The molecule has 0 aliphatic carbocycles. The number of carbonyl (C=O) groups is 2. The van der Waals surface area contributed by atoms with Crippen molar-refractivity contribution in [1.82, 2.24) is 9.88 Å². The van der Waals surface area contributed by atoms with Crippen LogP contribution in [0.5, 0.6) is 0 Å². The highest BCUT2D eigenvalue weighted by atomic mass is 16.5. The van der Waals surface area contributed by atoms with E-state index in [1.54, 1.807) is 0 Å². The van der Waals surface area contributed by atoms with Gasteiger partial charge in [-0.1, -0.05) is 36.4 Å². The first-order valence-electron chi connectivity index (χ1n) is 10.6. The Balaban J connectivity index is 1.59. The fourth-order valence-corrected chi connectivity index (χ4v) is 3.99. The van der Waals surface area contributed by atoms with Crippen molar-refractivity contribution in [2.24, 2.45) is 0 Å². The van der Waals surface area contributed by atoms with Crippen molar-refractivity contribution in [1.29, 1.82) is 0 Å². The van der Waals surface area contributed by atoms with Gasteiger partial charge >= 0.3 is 5.97 Å². The van der Waals surface area contributed by atoms with Gasteiger partial charge in [0.1, 0.15) is 0 Å². The van der Waals surface area contributed by atoms with Crippen LogP contribution in [0.25, 0.3) is 10.9 Å². The van der Waals surface area contributed by atoms with E-state index in [1.807, 2.05) is 55.5 Å². The summed E-state index contributed by atoms with van der Waals surface area (Å²) in [5, 5.41) is 3.56. The number of benzene rings is 2. The fourth-order valence-electron chi connectivity index (χ4n) is 3.99. The molecule has 0 fully saturated rings. The summed E-state index contributed by atoms with van der Waals surface area (Å²) in [6, 6.07) is 15.5. The van der Waals surface area contributed by atoms with Crippen LogP contribution in [0.4, 0.5) is 5.69 Å². The zero-order chi connectivity index (χ0) is 22.0. The molecule has 2 aromatic carbocycles. The van der Waals surface area contributed by atoms with E-state index in [9.17, 15) is 9.59 Å². The van der Waals surface area contributed by atoms with Gasteiger partial charge in [-0.05, 0) is 38.5 Å². The van der Waals surface area contributed by atoms with Gasteiger partial charge in [-0.3, -0.25) is 14.7 Å². The Morgan fingerprint density at radius 1 is 1.13 bits per heavy atom. The number of nitrogens with one attached hydrogen (secondary N) is 1. The highest BCUT2D eigenvalue weighted by Crippen LogP contribution is 2.29. The lowest BCUT2D eigenvalue weighted by Crippen LogP contribution is -2.37. The first-order valence-corrected chi connectivity index (χ1v) is 10.6. The van der Waals surface area contributed by atoms with E-state index in [4.69, 9.17) is 9.72 Å². The molecule has 3 aromatic rings. The Morgan fingerprint density at radius 3 is 2.65 bits per heavy atom. The molecule has 1 aliphatic heterocycles. The minimum Gasteiger partial charge on any atom is -0.452 e. The number of esters is 1. The molecule has 0 saturated carbocycles. The summed E-state index contributed by atoms with van der Waals surface area (Å²) in [6.07, 6.45) is 0.784. The van der Waals surface area contributed by atoms with E-state index >= 15 is 0 Å². The SMILES string of the molecule is Cc1ccccc1NC(=O)COC(=O)c1c2c(nc3ccccc13)CCN(C(C)C)C2. The minimum absolute atomic E-state index is 0.341. The van der Waals surface area contributed by atoms with Gasteiger partial charge in [-0.25, -0.2) is 4.79 Å². The van der Waals surface area contributed by atoms with Crippen LogP contribution in [0.1, 0.15) is 41.0 Å². The number of ether oxygens (including phenoxy) is 1. The normalized spacial score (nSPS) is 13.8. The zero-order valence-electron chi connectivity index (χ0n) is 18.1. The second kappa shape index (κ2) is 8.86. The summed E-state index contributed by atoms with van der Waals surface area (Å²) < 4.78 is 5.47. The van der Waals surface area contributed by atoms with Gasteiger partial charge in [0.05, 0.1) is 11.1 Å². The Hall–Kier alpha value is -3.25. The molecule has 0 saturated heterocycles. The van der Waals surface area contributed by atoms with Gasteiger partial charge in [0.2, 0.25) is 0 Å². The van der Waals surface area contributed by atoms with Crippen LogP contribution in [0, 0.1) is 6.92 Å². The van der Waals surface area contributed by atoms with Crippen LogP contribution in [-0.4, -0.2) is 41.0 Å². The first-order chi connectivity index (χ1) is 14.9. The van der Waals surface area contributed by atoms with Gasteiger partial charge in [-0.15, -0.1) is 0 Å². The summed E-state index contributed by atoms with van der Waals surface area (Å²) in [6.45, 7) is 7.42. The third-order valence-corrected chi connectivity index (χ3v) is 5.76. The van der Waals surface area contributed by atoms with Gasteiger partial charge in [0, 0.05) is 47.9 Å². The smallest absolute Gasteiger partial charge is 0.339 e. The quantitative estimate of drug-likeness (QED) is 0.633. The summed E-state index contributed by atoms with van der Waals surface area (Å²) in [4.78, 5) is 32.7. The van der Waals surface area contributed by atoms with Crippen molar-refractivity contribution in [3.8, 4) is 0 Å². The summed E-state index contributed by atoms with van der Waals surface area (Å²) in [5.41, 5.74) is 4.80. The highest BCUT2D eigenvalue weighted by molar-refractivity contribution is 6.06. The van der Waals surface area contributed by atoms with Crippen molar-refractivity contribution in [2.75, 3.05) is 18.5 Å². The first kappa shape index (κ1) is 21.0. The van der Waals surface area contributed by atoms with Gasteiger partial charge in [0.25, 0.3) is 5.91 Å². The third-order valence-electron chi connectivity index (χ3n) is 5.76. The molecule has 1 N–H and O–H groups in total. The largest absolute Gasteiger partial charge is 0.452 e. The van der Waals surface area contributed by atoms with Gasteiger partial charge in [-0.2, -0.15) is 0 Å². The summed E-state index contributed by atoms with van der Waals surface area (Å²) in [5.74, 6) is -0.848. The fraction of sp³-hybridized carbons (Fsp3) is 0.320. The Labute approximate surface area is 182 Å². The summed E-state index contributed by atoms with van der Waals surface area (Å²) in [7, 11) is 0. The number of hydrogen-bond donors (Lipinski definition) is 1. The number of amides is 1. The predicted octanol–water partition coefficient (Wildman–Crippen LogP) is 4.11. The van der Waals surface area contributed by atoms with E-state index in [0.717, 1.165) is 40.7 Å². The maximum atomic E-state index is 13.2. The molecule has 160 valence electrons. The molecule has 6 heteroatoms. The van der Waals surface area contributed by atoms with Gasteiger partial charge in [0.15, 0.2) is 6.61 Å². The number of aromatic nitrogens is 1. The van der Waals surface area contributed by atoms with Gasteiger partial charge < -0.3 is 10.1 Å². The number of rotatable bonds is 5. The van der Waals surface area contributed by atoms with Crippen LogP contribution in [0.15, 0.2) is 48.5 Å². The van der Waals surface area contributed by atoms with E-state index in [1.165, 1.54) is 0 Å². The van der Waals surface area contributed by atoms with E-state index in [0.29, 0.717) is 23.8 Å². The standard InChI is InChI=1S/C25H27N3O3/c1-16(2)28-13-12-22-19(14-28)24(18-9-5-7-11-21(18)26-22)25(30)31-15-23(29)27-20-10-6-4-8-17(20)3/h4-11,16H,12-15H2,1-3H3,(H,27,29). The van der Waals surface area contributed by atoms with Crippen molar-refractivity contribution >= 4 is 28.5 Å². The lowest BCUT2D eigenvalue weighted by atomic mass is 9.95. The van der Waals surface area contributed by atoms with Crippen LogP contribution < -0.4 is 5.32 Å². The topological polar surface area (TPSA) is 71.5 Å². The molecule has 2 heterocycles. The Kier molecular flexibility index (Phi) is 6.00. The maximum Gasteiger partial charge on any atom is 0.339 e. The molecule has 0 atom stereocenters. The van der Waals surface area contributed by atoms with Crippen molar-refractivity contribution in [3.63, 3.8) is 0 Å². The molecule has 0 unspecified atom stereocenters. The Bertz CT molecular complexity index is 1140. The van der Waals surface area contributed by atoms with Crippen LogP contribution >= 0.6 is 0 Å². The lowest BCUT2D eigenvalue weighted by molar-refractivity contribution is -0.119. The molecule has 1 aromatic heterocycles. The van der Waals surface area contributed by atoms with Crippen LogP contribution in [0.2, 0.25) is 0 Å². The second-order valence-corrected chi connectivity index (χ2v) is 8.18. The average molecular weight is 418 g/mol. The van der Waals surface area contributed by atoms with E-state index in [-0.39, 0.29) is 12.5 Å². The van der Waals surface area contributed by atoms with Crippen LogP contribution in [0.3, 0.4) is 0 Å². The van der Waals surface area contributed by atoms with Crippen molar-refractivity contribution < 1.29 is 14.3 Å². The predicted molar refractivity (Wildman–Crippen MR) is 121 cm³/mol. The molecule has 1 amide bonds. The summed E-state index contributed by atoms with van der Waals surface area (Å²) >= 11 is 0. The molecule has 1 aliphatic rings. The monoisotopic (exact) mass is 417 g/mol. The molecule has 31 heavy (non-hydrogen) atoms. The number of pyridine rings is 1. The number of hydrogen-bond acceptors (Lipinski definition) is 5. The highest BCUT2D eigenvalue weighted by Gasteiger charge is 2.27. The number of fused-ring (bicyclic) bond motifs is 2. The maximum absolute atomic E-state index is 13.2. The molecule has 6 nitrogen and oxygen atoms in total. The molecule has 0 spiro atoms. The van der Waals surface area contributed by atoms with Crippen LogP contribution in [-0.2, 0) is 22.5 Å². The van der Waals surface area contributed by atoms with Crippen molar-refractivity contribution in [2.45, 2.75) is 39.8 Å². The number of aryl methyl sites for hydroxylation is 1. The number of para-hydroxylation sites is 2. The number of carbonyl (C=O) groups excluding carboxylic acids is 2. The molecular formula is C25H27N3O3. The number of anilines is 1. The molecular weight excluding hydrogens is 390 g/mol. The molecule has 0 radical (unpaired) electrons. The molecule has 0 bridgehead atoms. The average Bonchev–Trinajstić information content (AvgIpc) is 2.77. The van der Waals surface area contributed by atoms with Crippen molar-refractivity contribution in [3.05, 3.63) is 70.9 Å². The van der Waals surface area contributed by atoms with E-state index in [2.05, 4.69) is 24.1 Å². The van der Waals surface area contributed by atoms with E-state index < -0.39 is 5.97 Å². The second-order valence-electron chi connectivity index (χ2n) is 8.18. The lowest BCUT2D eigenvalue weighted by Gasteiger charge is -2.32. The molecule has 4 rings (SSSR count). The zero-order valence-corrected chi connectivity index (χ0v) is 18.1. The minimum atomic E-state index is -0.486.